The summed E-state index contributed by atoms with van der Waals surface area (Å²) in [5.41, 5.74) is 0.847. The zero-order chi connectivity index (χ0) is 13.0. The van der Waals surface area contributed by atoms with Crippen molar-refractivity contribution in [1.29, 1.82) is 0 Å². The summed E-state index contributed by atoms with van der Waals surface area (Å²) in [4.78, 5) is 0. The SMILES string of the molecule is OCC1CCC(OCc2cccc(F)c2Br)CC1. The van der Waals surface area contributed by atoms with Crippen LogP contribution in [0.5, 0.6) is 0 Å². The molecule has 18 heavy (non-hydrogen) atoms. The highest BCUT2D eigenvalue weighted by atomic mass is 79.9. The molecule has 0 spiro atoms. The number of aliphatic hydroxyl groups is 1. The van der Waals surface area contributed by atoms with E-state index in [1.165, 1.54) is 6.07 Å². The minimum absolute atomic E-state index is 0.239. The molecule has 0 bridgehead atoms. The smallest absolute Gasteiger partial charge is 0.137 e. The number of halogens is 2. The van der Waals surface area contributed by atoms with Gasteiger partial charge in [-0.25, -0.2) is 4.39 Å². The molecule has 0 aliphatic heterocycles. The molecule has 0 amide bonds. The first-order valence-corrected chi connectivity index (χ1v) is 7.15. The molecule has 2 rings (SSSR count). The standard InChI is InChI=1S/C14H18BrFO2/c15-14-11(2-1-3-13(14)16)9-18-12-6-4-10(8-17)5-7-12/h1-3,10,12,17H,4-9H2. The number of ether oxygens (including phenoxy) is 1. The van der Waals surface area contributed by atoms with Gasteiger partial charge in [-0.05, 0) is 59.2 Å². The lowest BCUT2D eigenvalue weighted by atomic mass is 9.88. The van der Waals surface area contributed by atoms with Crippen LogP contribution in [0.15, 0.2) is 22.7 Å². The minimum atomic E-state index is -0.250. The van der Waals surface area contributed by atoms with Crippen LogP contribution in [0.3, 0.4) is 0 Å². The van der Waals surface area contributed by atoms with Gasteiger partial charge in [-0.15, -0.1) is 0 Å². The fourth-order valence-electron chi connectivity index (χ4n) is 2.35. The van der Waals surface area contributed by atoms with E-state index in [9.17, 15) is 4.39 Å². The van der Waals surface area contributed by atoms with Gasteiger partial charge in [0.15, 0.2) is 0 Å². The van der Waals surface area contributed by atoms with Crippen molar-refractivity contribution in [1.82, 2.24) is 0 Å². The van der Waals surface area contributed by atoms with Crippen molar-refractivity contribution in [2.75, 3.05) is 6.61 Å². The summed E-state index contributed by atoms with van der Waals surface area (Å²) in [5.74, 6) is 0.186. The molecule has 4 heteroatoms. The second-order valence-electron chi connectivity index (χ2n) is 4.85. The van der Waals surface area contributed by atoms with E-state index < -0.39 is 0 Å². The van der Waals surface area contributed by atoms with Crippen molar-refractivity contribution in [2.24, 2.45) is 5.92 Å². The minimum Gasteiger partial charge on any atom is -0.396 e. The largest absolute Gasteiger partial charge is 0.396 e. The lowest BCUT2D eigenvalue weighted by Crippen LogP contribution is -2.23. The van der Waals surface area contributed by atoms with Crippen molar-refractivity contribution in [2.45, 2.75) is 38.4 Å². The van der Waals surface area contributed by atoms with Crippen LogP contribution < -0.4 is 0 Å². The predicted molar refractivity (Wildman–Crippen MR) is 71.7 cm³/mol. The second-order valence-corrected chi connectivity index (χ2v) is 5.64. The van der Waals surface area contributed by atoms with E-state index in [0.717, 1.165) is 31.2 Å². The topological polar surface area (TPSA) is 29.5 Å². The van der Waals surface area contributed by atoms with Gasteiger partial charge < -0.3 is 9.84 Å². The molecule has 1 N–H and O–H groups in total. The van der Waals surface area contributed by atoms with Crippen molar-refractivity contribution in [3.63, 3.8) is 0 Å². The molecule has 1 aromatic rings. The van der Waals surface area contributed by atoms with Crippen molar-refractivity contribution < 1.29 is 14.2 Å². The zero-order valence-corrected chi connectivity index (χ0v) is 11.8. The molecule has 100 valence electrons. The van der Waals surface area contributed by atoms with Crippen LogP contribution in [-0.4, -0.2) is 17.8 Å². The Morgan fingerprint density at radius 1 is 1.28 bits per heavy atom. The Kier molecular flexibility index (Phi) is 5.15. The molecular weight excluding hydrogens is 299 g/mol. The first-order valence-electron chi connectivity index (χ1n) is 6.36. The van der Waals surface area contributed by atoms with E-state index in [0.29, 0.717) is 17.0 Å². The van der Waals surface area contributed by atoms with E-state index in [1.54, 1.807) is 6.07 Å². The summed E-state index contributed by atoms with van der Waals surface area (Å²) in [6.45, 7) is 0.717. The Bertz CT molecular complexity index is 389. The normalized spacial score (nSPS) is 24.2. The Hall–Kier alpha value is -0.450. The highest BCUT2D eigenvalue weighted by Crippen LogP contribution is 2.27. The summed E-state index contributed by atoms with van der Waals surface area (Å²) < 4.78 is 19.6. The molecule has 0 heterocycles. The number of benzene rings is 1. The second kappa shape index (κ2) is 6.64. The molecule has 2 nitrogen and oxygen atoms in total. The van der Waals surface area contributed by atoms with Gasteiger partial charge in [0.25, 0.3) is 0 Å². The van der Waals surface area contributed by atoms with Crippen molar-refractivity contribution in [3.8, 4) is 0 Å². The van der Waals surface area contributed by atoms with Gasteiger partial charge in [0, 0.05) is 6.61 Å². The maximum Gasteiger partial charge on any atom is 0.137 e. The van der Waals surface area contributed by atoms with Crippen LogP contribution in [-0.2, 0) is 11.3 Å². The Balaban J connectivity index is 1.83. The summed E-state index contributed by atoms with van der Waals surface area (Å²) in [6, 6.07) is 4.99. The van der Waals surface area contributed by atoms with Crippen LogP contribution in [0.4, 0.5) is 4.39 Å². The van der Waals surface area contributed by atoms with Gasteiger partial charge in [0.2, 0.25) is 0 Å². The van der Waals surface area contributed by atoms with Crippen LogP contribution >= 0.6 is 15.9 Å². The molecule has 1 aromatic carbocycles. The van der Waals surface area contributed by atoms with Crippen LogP contribution in [0.1, 0.15) is 31.2 Å². The first kappa shape index (κ1) is 14.0. The summed E-state index contributed by atoms with van der Waals surface area (Å²) in [7, 11) is 0. The Morgan fingerprint density at radius 3 is 2.67 bits per heavy atom. The monoisotopic (exact) mass is 316 g/mol. The van der Waals surface area contributed by atoms with Gasteiger partial charge in [-0.3, -0.25) is 0 Å². The number of rotatable bonds is 4. The number of aliphatic hydroxyl groups excluding tert-OH is 1. The molecule has 1 aliphatic rings. The van der Waals surface area contributed by atoms with Crippen LogP contribution in [0.25, 0.3) is 0 Å². The Morgan fingerprint density at radius 2 is 2.00 bits per heavy atom. The van der Waals surface area contributed by atoms with Crippen molar-refractivity contribution >= 4 is 15.9 Å². The molecule has 0 radical (unpaired) electrons. The molecule has 1 fully saturated rings. The quantitative estimate of drug-likeness (QED) is 0.918. The highest BCUT2D eigenvalue weighted by Gasteiger charge is 2.21. The van der Waals surface area contributed by atoms with Gasteiger partial charge in [0.1, 0.15) is 5.82 Å². The van der Waals surface area contributed by atoms with Crippen molar-refractivity contribution in [3.05, 3.63) is 34.1 Å². The zero-order valence-electron chi connectivity index (χ0n) is 10.2. The fourth-order valence-corrected chi connectivity index (χ4v) is 2.73. The molecule has 1 saturated carbocycles. The van der Waals surface area contributed by atoms with Crippen LogP contribution in [0, 0.1) is 11.7 Å². The lowest BCUT2D eigenvalue weighted by Gasteiger charge is -2.27. The van der Waals surface area contributed by atoms with E-state index in [1.807, 2.05) is 6.07 Å². The first-order chi connectivity index (χ1) is 8.70. The molecule has 0 aromatic heterocycles. The maximum atomic E-state index is 13.3. The average molecular weight is 317 g/mol. The predicted octanol–water partition coefficient (Wildman–Crippen LogP) is 3.66. The molecule has 1 aliphatic carbocycles. The molecular formula is C14H18BrFO2. The van der Waals surface area contributed by atoms with Gasteiger partial charge in [0.05, 0.1) is 17.2 Å². The van der Waals surface area contributed by atoms with E-state index >= 15 is 0 Å². The fraction of sp³-hybridized carbons (Fsp3) is 0.571. The summed E-state index contributed by atoms with van der Waals surface area (Å²) >= 11 is 3.24. The molecule has 0 atom stereocenters. The number of hydrogen-bond acceptors (Lipinski definition) is 2. The average Bonchev–Trinajstić information content (AvgIpc) is 2.41. The highest BCUT2D eigenvalue weighted by molar-refractivity contribution is 9.10. The van der Waals surface area contributed by atoms with Gasteiger partial charge in [-0.2, -0.15) is 0 Å². The summed E-state index contributed by atoms with van der Waals surface area (Å²) in [6.07, 6.45) is 4.25. The number of hydrogen-bond donors (Lipinski definition) is 1. The lowest BCUT2D eigenvalue weighted by molar-refractivity contribution is 0.000877. The third-order valence-corrected chi connectivity index (χ3v) is 4.45. The summed E-state index contributed by atoms with van der Waals surface area (Å²) in [5, 5.41) is 9.06. The van der Waals surface area contributed by atoms with E-state index in [-0.39, 0.29) is 18.5 Å². The van der Waals surface area contributed by atoms with Gasteiger partial charge in [-0.1, -0.05) is 12.1 Å². The van der Waals surface area contributed by atoms with E-state index in [2.05, 4.69) is 15.9 Å². The molecule has 0 unspecified atom stereocenters. The van der Waals surface area contributed by atoms with E-state index in [4.69, 9.17) is 9.84 Å². The third kappa shape index (κ3) is 3.53. The Labute approximate surface area is 115 Å². The third-order valence-electron chi connectivity index (χ3n) is 3.56. The molecule has 0 saturated heterocycles. The maximum absolute atomic E-state index is 13.3. The van der Waals surface area contributed by atoms with Gasteiger partial charge >= 0.3 is 0 Å². The van der Waals surface area contributed by atoms with Crippen LogP contribution in [0.2, 0.25) is 0 Å².